The predicted octanol–water partition coefficient (Wildman–Crippen LogP) is 0.707. The third kappa shape index (κ3) is 1.82. The second-order valence-corrected chi connectivity index (χ2v) is 4.53. The highest BCUT2D eigenvalue weighted by Crippen LogP contribution is 2.38. The molecule has 5 nitrogen and oxygen atoms in total. The number of hydrogen-bond donors (Lipinski definition) is 2. The summed E-state index contributed by atoms with van der Waals surface area (Å²) in [7, 11) is 0. The van der Waals surface area contributed by atoms with Gasteiger partial charge in [0.15, 0.2) is 0 Å². The number of amides is 1. The van der Waals surface area contributed by atoms with Crippen LogP contribution in [0, 0.1) is 5.92 Å². The number of aromatic nitrogens is 2. The van der Waals surface area contributed by atoms with Crippen LogP contribution in [0.1, 0.15) is 29.6 Å². The van der Waals surface area contributed by atoms with Gasteiger partial charge >= 0.3 is 0 Å². The molecule has 0 bridgehead atoms. The summed E-state index contributed by atoms with van der Waals surface area (Å²) in [4.78, 5) is 11.8. The minimum Gasteiger partial charge on any atom is -0.376 e. The Hall–Kier alpha value is -1.36. The minimum absolute atomic E-state index is 0.0603. The van der Waals surface area contributed by atoms with Gasteiger partial charge in [-0.05, 0) is 25.2 Å². The molecule has 2 aliphatic rings. The standard InChI is InChI=1S/C11H15N3O2/c15-11(8-5-12-13-6-8)14-9-3-4-16-10(9)7-1-2-7/h5-7,9-10H,1-4H2,(H,12,13)(H,14,15). The van der Waals surface area contributed by atoms with Gasteiger partial charge in [-0.2, -0.15) is 5.10 Å². The number of hydrogen-bond acceptors (Lipinski definition) is 3. The molecule has 86 valence electrons. The second-order valence-electron chi connectivity index (χ2n) is 4.53. The SMILES string of the molecule is O=C(NC1CCOC1C1CC1)c1cn[nH]c1. The summed E-state index contributed by atoms with van der Waals surface area (Å²) in [6.45, 7) is 0.761. The highest BCUT2D eigenvalue weighted by Gasteiger charge is 2.41. The fraction of sp³-hybridized carbons (Fsp3) is 0.636. The van der Waals surface area contributed by atoms with Crippen LogP contribution in [0.4, 0.5) is 0 Å². The summed E-state index contributed by atoms with van der Waals surface area (Å²) in [5.74, 6) is 0.604. The highest BCUT2D eigenvalue weighted by molar-refractivity contribution is 5.93. The Bertz CT molecular complexity index is 373. The summed E-state index contributed by atoms with van der Waals surface area (Å²) in [6, 6.07) is 0.176. The maximum Gasteiger partial charge on any atom is 0.254 e. The van der Waals surface area contributed by atoms with E-state index in [1.807, 2.05) is 0 Å². The summed E-state index contributed by atoms with van der Waals surface area (Å²) < 4.78 is 5.67. The van der Waals surface area contributed by atoms with Crippen LogP contribution in [0.5, 0.6) is 0 Å². The van der Waals surface area contributed by atoms with Crippen molar-refractivity contribution >= 4 is 5.91 Å². The van der Waals surface area contributed by atoms with Crippen molar-refractivity contribution in [3.05, 3.63) is 18.0 Å². The van der Waals surface area contributed by atoms with E-state index in [0.29, 0.717) is 11.5 Å². The quantitative estimate of drug-likeness (QED) is 0.789. The lowest BCUT2D eigenvalue weighted by Crippen LogP contribution is -2.41. The monoisotopic (exact) mass is 221 g/mol. The Kier molecular flexibility index (Phi) is 2.40. The normalized spacial score (nSPS) is 29.2. The number of rotatable bonds is 3. The molecular formula is C11H15N3O2. The average Bonchev–Trinajstić information content (AvgIpc) is 2.83. The van der Waals surface area contributed by atoms with E-state index in [1.54, 1.807) is 6.20 Å². The first-order valence-corrected chi connectivity index (χ1v) is 5.76. The maximum absolute atomic E-state index is 11.8. The molecule has 0 radical (unpaired) electrons. The molecule has 1 saturated heterocycles. The average molecular weight is 221 g/mol. The molecule has 1 amide bonds. The summed E-state index contributed by atoms with van der Waals surface area (Å²) >= 11 is 0. The third-order valence-electron chi connectivity index (χ3n) is 3.30. The van der Waals surface area contributed by atoms with Crippen molar-refractivity contribution in [1.29, 1.82) is 0 Å². The lowest BCUT2D eigenvalue weighted by atomic mass is 10.1. The van der Waals surface area contributed by atoms with Gasteiger partial charge < -0.3 is 10.1 Å². The largest absolute Gasteiger partial charge is 0.376 e. The van der Waals surface area contributed by atoms with Gasteiger partial charge in [0.1, 0.15) is 0 Å². The smallest absolute Gasteiger partial charge is 0.254 e. The van der Waals surface area contributed by atoms with Gasteiger partial charge in [0, 0.05) is 12.8 Å². The van der Waals surface area contributed by atoms with Gasteiger partial charge in [0.2, 0.25) is 0 Å². The number of carbonyl (C=O) groups is 1. The van der Waals surface area contributed by atoms with Crippen LogP contribution < -0.4 is 5.32 Å². The van der Waals surface area contributed by atoms with Crippen LogP contribution in [0.25, 0.3) is 0 Å². The first-order valence-electron chi connectivity index (χ1n) is 5.76. The molecule has 16 heavy (non-hydrogen) atoms. The summed E-state index contributed by atoms with van der Waals surface area (Å²) in [5.41, 5.74) is 0.585. The Morgan fingerprint density at radius 1 is 1.50 bits per heavy atom. The number of nitrogens with one attached hydrogen (secondary N) is 2. The minimum atomic E-state index is -0.0603. The summed E-state index contributed by atoms with van der Waals surface area (Å²) in [5, 5.41) is 9.44. The summed E-state index contributed by atoms with van der Waals surface area (Å²) in [6.07, 6.45) is 6.78. The molecule has 2 heterocycles. The van der Waals surface area contributed by atoms with Crippen molar-refractivity contribution in [3.63, 3.8) is 0 Å². The zero-order valence-electron chi connectivity index (χ0n) is 8.98. The lowest BCUT2D eigenvalue weighted by molar-refractivity contribution is 0.0729. The number of carbonyl (C=O) groups excluding carboxylic acids is 1. The van der Waals surface area contributed by atoms with Crippen molar-refractivity contribution in [2.75, 3.05) is 6.61 Å². The van der Waals surface area contributed by atoms with E-state index in [2.05, 4.69) is 15.5 Å². The van der Waals surface area contributed by atoms with Gasteiger partial charge in [-0.15, -0.1) is 0 Å². The topological polar surface area (TPSA) is 67.0 Å². The van der Waals surface area contributed by atoms with Crippen LogP contribution in [-0.4, -0.2) is 34.9 Å². The fourth-order valence-electron chi connectivity index (χ4n) is 2.28. The number of aromatic amines is 1. The first kappa shape index (κ1) is 9.84. The van der Waals surface area contributed by atoms with E-state index in [0.717, 1.165) is 13.0 Å². The Balaban J connectivity index is 1.63. The Labute approximate surface area is 93.6 Å². The third-order valence-corrected chi connectivity index (χ3v) is 3.30. The van der Waals surface area contributed by atoms with Crippen molar-refractivity contribution in [1.82, 2.24) is 15.5 Å². The van der Waals surface area contributed by atoms with E-state index in [-0.39, 0.29) is 18.1 Å². The molecule has 1 saturated carbocycles. The van der Waals surface area contributed by atoms with E-state index in [4.69, 9.17) is 4.74 Å². The highest BCUT2D eigenvalue weighted by atomic mass is 16.5. The molecule has 5 heteroatoms. The van der Waals surface area contributed by atoms with Crippen LogP contribution in [0.3, 0.4) is 0 Å². The molecule has 2 fully saturated rings. The molecule has 0 spiro atoms. The van der Waals surface area contributed by atoms with Crippen LogP contribution in [-0.2, 0) is 4.74 Å². The van der Waals surface area contributed by atoms with Gasteiger partial charge in [-0.3, -0.25) is 9.89 Å². The van der Waals surface area contributed by atoms with Crippen LogP contribution in [0.15, 0.2) is 12.4 Å². The van der Waals surface area contributed by atoms with Gasteiger partial charge in [0.25, 0.3) is 5.91 Å². The lowest BCUT2D eigenvalue weighted by Gasteiger charge is -2.18. The van der Waals surface area contributed by atoms with Crippen molar-refractivity contribution in [3.8, 4) is 0 Å². The predicted molar refractivity (Wildman–Crippen MR) is 56.9 cm³/mol. The van der Waals surface area contributed by atoms with Crippen molar-refractivity contribution < 1.29 is 9.53 Å². The van der Waals surface area contributed by atoms with E-state index < -0.39 is 0 Å². The molecule has 2 unspecified atom stereocenters. The molecule has 1 aliphatic heterocycles. The zero-order valence-corrected chi connectivity index (χ0v) is 8.98. The van der Waals surface area contributed by atoms with Crippen LogP contribution >= 0.6 is 0 Å². The number of ether oxygens (including phenoxy) is 1. The zero-order chi connectivity index (χ0) is 11.0. The van der Waals surface area contributed by atoms with Crippen molar-refractivity contribution in [2.45, 2.75) is 31.4 Å². The molecule has 3 rings (SSSR count). The molecule has 1 aromatic rings. The van der Waals surface area contributed by atoms with E-state index in [1.165, 1.54) is 19.0 Å². The van der Waals surface area contributed by atoms with Crippen LogP contribution in [0.2, 0.25) is 0 Å². The Morgan fingerprint density at radius 2 is 2.38 bits per heavy atom. The van der Waals surface area contributed by atoms with Crippen molar-refractivity contribution in [2.24, 2.45) is 5.92 Å². The molecule has 1 aromatic heterocycles. The molecule has 2 atom stereocenters. The maximum atomic E-state index is 11.8. The first-order chi connectivity index (χ1) is 7.84. The molecule has 2 N–H and O–H groups in total. The number of nitrogens with zero attached hydrogens (tertiary/aromatic N) is 1. The molecular weight excluding hydrogens is 206 g/mol. The van der Waals surface area contributed by atoms with E-state index >= 15 is 0 Å². The number of H-pyrrole nitrogens is 1. The van der Waals surface area contributed by atoms with Gasteiger partial charge in [0.05, 0.1) is 23.9 Å². The second kappa shape index (κ2) is 3.90. The van der Waals surface area contributed by atoms with E-state index in [9.17, 15) is 4.79 Å². The molecule has 1 aliphatic carbocycles. The Morgan fingerprint density at radius 3 is 3.06 bits per heavy atom. The fourth-order valence-corrected chi connectivity index (χ4v) is 2.28. The molecule has 0 aromatic carbocycles. The van der Waals surface area contributed by atoms with Gasteiger partial charge in [-0.1, -0.05) is 0 Å². The van der Waals surface area contributed by atoms with Gasteiger partial charge in [-0.25, -0.2) is 0 Å².